The Balaban J connectivity index is 2.13. The lowest BCUT2D eigenvalue weighted by atomic mass is 10.2. The molecule has 0 saturated heterocycles. The first-order valence-corrected chi connectivity index (χ1v) is 7.08. The summed E-state index contributed by atoms with van der Waals surface area (Å²) < 4.78 is 5.81. The van der Waals surface area contributed by atoms with Gasteiger partial charge in [0.15, 0.2) is 0 Å². The van der Waals surface area contributed by atoms with E-state index in [1.54, 1.807) is 0 Å². The summed E-state index contributed by atoms with van der Waals surface area (Å²) in [5.74, 6) is 1.61. The molecule has 1 N–H and O–H groups in total. The Morgan fingerprint density at radius 2 is 1.83 bits per heavy atom. The SMILES string of the molecule is CC(C)CNCCCC(C)Oc1ccc(Cl)cc1. The Hall–Kier alpha value is -0.730. The van der Waals surface area contributed by atoms with Crippen molar-refractivity contribution in [2.24, 2.45) is 5.92 Å². The van der Waals surface area contributed by atoms with E-state index >= 15 is 0 Å². The monoisotopic (exact) mass is 269 g/mol. The molecule has 2 nitrogen and oxygen atoms in total. The first kappa shape index (κ1) is 15.3. The molecule has 0 radical (unpaired) electrons. The van der Waals surface area contributed by atoms with Crippen LogP contribution in [-0.4, -0.2) is 19.2 Å². The molecular formula is C15H24ClNO. The normalized spacial score (nSPS) is 12.7. The molecule has 0 saturated carbocycles. The Kier molecular flexibility index (Phi) is 7.14. The summed E-state index contributed by atoms with van der Waals surface area (Å²) in [6.07, 6.45) is 2.45. The zero-order valence-corrected chi connectivity index (χ0v) is 12.3. The highest BCUT2D eigenvalue weighted by Crippen LogP contribution is 2.17. The number of hydrogen-bond acceptors (Lipinski definition) is 2. The smallest absolute Gasteiger partial charge is 0.119 e. The quantitative estimate of drug-likeness (QED) is 0.717. The second kappa shape index (κ2) is 8.39. The van der Waals surface area contributed by atoms with Crippen LogP contribution < -0.4 is 10.1 Å². The molecule has 18 heavy (non-hydrogen) atoms. The maximum atomic E-state index is 5.83. The molecule has 0 spiro atoms. The predicted octanol–water partition coefficient (Wildman–Crippen LogP) is 4.13. The number of rotatable bonds is 8. The maximum absolute atomic E-state index is 5.83. The minimum atomic E-state index is 0.243. The van der Waals surface area contributed by atoms with Gasteiger partial charge >= 0.3 is 0 Å². The second-order valence-corrected chi connectivity index (χ2v) is 5.56. The molecule has 0 heterocycles. The van der Waals surface area contributed by atoms with Gasteiger partial charge < -0.3 is 10.1 Å². The van der Waals surface area contributed by atoms with Crippen LogP contribution in [0.1, 0.15) is 33.6 Å². The maximum Gasteiger partial charge on any atom is 0.119 e. The lowest BCUT2D eigenvalue weighted by molar-refractivity contribution is 0.207. The van der Waals surface area contributed by atoms with Crippen LogP contribution in [-0.2, 0) is 0 Å². The van der Waals surface area contributed by atoms with Crippen molar-refractivity contribution in [2.45, 2.75) is 39.7 Å². The van der Waals surface area contributed by atoms with Gasteiger partial charge in [-0.05, 0) is 63.0 Å². The van der Waals surface area contributed by atoms with Crippen LogP contribution in [0.3, 0.4) is 0 Å². The van der Waals surface area contributed by atoms with Gasteiger partial charge in [-0.2, -0.15) is 0 Å². The molecule has 0 fully saturated rings. The fourth-order valence-corrected chi connectivity index (χ4v) is 1.84. The van der Waals surface area contributed by atoms with Crippen molar-refractivity contribution in [1.29, 1.82) is 0 Å². The average molecular weight is 270 g/mol. The minimum absolute atomic E-state index is 0.243. The molecule has 1 rings (SSSR count). The fraction of sp³-hybridized carbons (Fsp3) is 0.600. The van der Waals surface area contributed by atoms with Crippen molar-refractivity contribution in [3.63, 3.8) is 0 Å². The van der Waals surface area contributed by atoms with Crippen LogP contribution in [0, 0.1) is 5.92 Å². The molecule has 0 aliphatic heterocycles. The summed E-state index contributed by atoms with van der Waals surface area (Å²) in [4.78, 5) is 0. The standard InChI is InChI=1S/C15H24ClNO/c1-12(2)11-17-10-4-5-13(3)18-15-8-6-14(16)7-9-15/h6-9,12-13,17H,4-5,10-11H2,1-3H3. The van der Waals surface area contributed by atoms with Gasteiger partial charge in [0.1, 0.15) is 5.75 Å². The van der Waals surface area contributed by atoms with Gasteiger partial charge in [0.2, 0.25) is 0 Å². The Morgan fingerprint density at radius 3 is 2.44 bits per heavy atom. The summed E-state index contributed by atoms with van der Waals surface area (Å²) in [5, 5.41) is 4.18. The lowest BCUT2D eigenvalue weighted by Gasteiger charge is -2.15. The van der Waals surface area contributed by atoms with E-state index in [0.29, 0.717) is 5.92 Å². The zero-order valence-electron chi connectivity index (χ0n) is 11.6. The molecular weight excluding hydrogens is 246 g/mol. The van der Waals surface area contributed by atoms with Crippen molar-refractivity contribution in [3.8, 4) is 5.75 Å². The highest BCUT2D eigenvalue weighted by Gasteiger charge is 2.03. The van der Waals surface area contributed by atoms with E-state index in [-0.39, 0.29) is 6.10 Å². The van der Waals surface area contributed by atoms with E-state index < -0.39 is 0 Å². The Morgan fingerprint density at radius 1 is 1.17 bits per heavy atom. The molecule has 1 aromatic rings. The summed E-state index contributed by atoms with van der Waals surface area (Å²) in [6, 6.07) is 7.54. The summed E-state index contributed by atoms with van der Waals surface area (Å²) in [5.41, 5.74) is 0. The molecule has 0 aliphatic carbocycles. The predicted molar refractivity (Wildman–Crippen MR) is 78.5 cm³/mol. The fourth-order valence-electron chi connectivity index (χ4n) is 1.71. The first-order valence-electron chi connectivity index (χ1n) is 6.71. The number of halogens is 1. The third-order valence-electron chi connectivity index (χ3n) is 2.67. The van der Waals surface area contributed by atoms with E-state index in [1.807, 2.05) is 24.3 Å². The summed E-state index contributed by atoms with van der Waals surface area (Å²) in [6.45, 7) is 8.70. The molecule has 0 aromatic heterocycles. The van der Waals surface area contributed by atoms with E-state index in [0.717, 1.165) is 36.7 Å². The van der Waals surface area contributed by atoms with Crippen LogP contribution in [0.2, 0.25) is 5.02 Å². The van der Waals surface area contributed by atoms with Crippen LogP contribution >= 0.6 is 11.6 Å². The van der Waals surface area contributed by atoms with Gasteiger partial charge in [-0.1, -0.05) is 25.4 Å². The molecule has 1 unspecified atom stereocenters. The van der Waals surface area contributed by atoms with Crippen molar-refractivity contribution < 1.29 is 4.74 Å². The largest absolute Gasteiger partial charge is 0.491 e. The first-order chi connectivity index (χ1) is 8.58. The van der Waals surface area contributed by atoms with Crippen molar-refractivity contribution in [1.82, 2.24) is 5.32 Å². The van der Waals surface area contributed by atoms with Crippen LogP contribution in [0.4, 0.5) is 0 Å². The van der Waals surface area contributed by atoms with Gasteiger partial charge in [0.05, 0.1) is 6.10 Å². The van der Waals surface area contributed by atoms with E-state index in [2.05, 4.69) is 26.1 Å². The summed E-state index contributed by atoms with van der Waals surface area (Å²) in [7, 11) is 0. The van der Waals surface area contributed by atoms with Gasteiger partial charge in [-0.15, -0.1) is 0 Å². The number of benzene rings is 1. The molecule has 0 aliphatic rings. The summed E-state index contributed by atoms with van der Waals surface area (Å²) >= 11 is 5.83. The van der Waals surface area contributed by atoms with Gasteiger partial charge in [-0.3, -0.25) is 0 Å². The minimum Gasteiger partial charge on any atom is -0.491 e. The Bertz CT molecular complexity index is 324. The van der Waals surface area contributed by atoms with Gasteiger partial charge in [0, 0.05) is 5.02 Å². The number of hydrogen-bond donors (Lipinski definition) is 1. The van der Waals surface area contributed by atoms with E-state index in [9.17, 15) is 0 Å². The third-order valence-corrected chi connectivity index (χ3v) is 2.92. The molecule has 102 valence electrons. The third kappa shape index (κ3) is 6.87. The molecule has 0 amide bonds. The van der Waals surface area contributed by atoms with Crippen molar-refractivity contribution in [3.05, 3.63) is 29.3 Å². The van der Waals surface area contributed by atoms with Crippen LogP contribution in [0.5, 0.6) is 5.75 Å². The topological polar surface area (TPSA) is 21.3 Å². The highest BCUT2D eigenvalue weighted by molar-refractivity contribution is 6.30. The number of nitrogens with one attached hydrogen (secondary N) is 1. The van der Waals surface area contributed by atoms with Crippen molar-refractivity contribution in [2.75, 3.05) is 13.1 Å². The molecule has 3 heteroatoms. The van der Waals surface area contributed by atoms with E-state index in [1.165, 1.54) is 0 Å². The lowest BCUT2D eigenvalue weighted by Crippen LogP contribution is -2.22. The van der Waals surface area contributed by atoms with Crippen LogP contribution in [0.15, 0.2) is 24.3 Å². The Labute approximate surface area is 116 Å². The molecule has 1 aromatic carbocycles. The molecule has 0 bridgehead atoms. The average Bonchev–Trinajstić information content (AvgIpc) is 2.31. The van der Waals surface area contributed by atoms with Crippen molar-refractivity contribution >= 4 is 11.6 Å². The van der Waals surface area contributed by atoms with E-state index in [4.69, 9.17) is 16.3 Å². The number of ether oxygens (including phenoxy) is 1. The van der Waals surface area contributed by atoms with Gasteiger partial charge in [0.25, 0.3) is 0 Å². The zero-order chi connectivity index (χ0) is 13.4. The van der Waals surface area contributed by atoms with Crippen LogP contribution in [0.25, 0.3) is 0 Å². The highest BCUT2D eigenvalue weighted by atomic mass is 35.5. The second-order valence-electron chi connectivity index (χ2n) is 5.12. The molecule has 1 atom stereocenters. The van der Waals surface area contributed by atoms with Gasteiger partial charge in [-0.25, -0.2) is 0 Å².